The average molecular weight is 462 g/mol. The van der Waals surface area contributed by atoms with Gasteiger partial charge in [-0.25, -0.2) is 4.39 Å². The highest BCUT2D eigenvalue weighted by atomic mass is 19.1. The molecule has 34 heavy (non-hydrogen) atoms. The number of halogens is 1. The summed E-state index contributed by atoms with van der Waals surface area (Å²) >= 11 is 0. The number of hydrogen-bond acceptors (Lipinski definition) is 4. The first-order chi connectivity index (χ1) is 16.4. The van der Waals surface area contributed by atoms with Crippen molar-refractivity contribution in [2.24, 2.45) is 0 Å². The first-order valence-corrected chi connectivity index (χ1v) is 12.0. The predicted octanol–water partition coefficient (Wildman–Crippen LogP) is 5.76. The summed E-state index contributed by atoms with van der Waals surface area (Å²) in [7, 11) is 4.14. The van der Waals surface area contributed by atoms with E-state index in [-0.39, 0.29) is 36.3 Å². The van der Waals surface area contributed by atoms with Crippen molar-refractivity contribution in [1.82, 2.24) is 4.90 Å². The summed E-state index contributed by atoms with van der Waals surface area (Å²) < 4.78 is 20.8. The second-order valence-corrected chi connectivity index (χ2v) is 9.41. The van der Waals surface area contributed by atoms with Gasteiger partial charge in [0, 0.05) is 29.5 Å². The molecule has 0 aromatic heterocycles. The molecule has 0 fully saturated rings. The van der Waals surface area contributed by atoms with E-state index in [0.717, 1.165) is 36.0 Å². The van der Waals surface area contributed by atoms with Crippen LogP contribution in [0.5, 0.6) is 5.75 Å². The van der Waals surface area contributed by atoms with Crippen LogP contribution in [0.3, 0.4) is 0 Å². The molecule has 0 heterocycles. The molecule has 0 radical (unpaired) electrons. The third-order valence-electron chi connectivity index (χ3n) is 7.02. The molecule has 0 N–H and O–H groups in total. The molecule has 0 spiro atoms. The van der Waals surface area contributed by atoms with E-state index in [1.165, 1.54) is 6.08 Å². The van der Waals surface area contributed by atoms with E-state index >= 15 is 4.39 Å². The number of ether oxygens (including phenoxy) is 1. The van der Waals surface area contributed by atoms with Crippen molar-refractivity contribution in [3.8, 4) is 5.75 Å². The number of benzene rings is 2. The van der Waals surface area contributed by atoms with E-state index in [9.17, 15) is 9.59 Å². The largest absolute Gasteiger partial charge is 0.493 e. The standard InChI is InChI=1S/C29H32FNO3/c1-4-23(32)14-15-34-24-10-13-27-20(17-24)9-12-26(29(27)33)21-8-11-25(28(30)18-21)19-6-5-7-22(16-19)31(2)3/h4,6,8,10-11,13,17-18,22,26H,1,5,7,9,12,14-16H2,2-3H3. The molecule has 0 saturated heterocycles. The molecule has 2 aliphatic rings. The fourth-order valence-corrected chi connectivity index (χ4v) is 4.97. The monoisotopic (exact) mass is 461 g/mol. The van der Waals surface area contributed by atoms with Crippen LogP contribution in [0.2, 0.25) is 0 Å². The topological polar surface area (TPSA) is 46.6 Å². The highest BCUT2D eigenvalue weighted by Crippen LogP contribution is 2.37. The zero-order chi connectivity index (χ0) is 24.2. The maximum Gasteiger partial charge on any atom is 0.170 e. The third-order valence-corrected chi connectivity index (χ3v) is 7.02. The van der Waals surface area contributed by atoms with Crippen LogP contribution >= 0.6 is 0 Å². The number of carbonyl (C=O) groups excluding carboxylic acids is 2. The Kier molecular flexibility index (Phi) is 7.42. The fourth-order valence-electron chi connectivity index (χ4n) is 4.97. The molecule has 0 bridgehead atoms. The summed E-state index contributed by atoms with van der Waals surface area (Å²) in [6.07, 6.45) is 7.94. The van der Waals surface area contributed by atoms with Crippen molar-refractivity contribution in [1.29, 1.82) is 0 Å². The van der Waals surface area contributed by atoms with E-state index < -0.39 is 0 Å². The van der Waals surface area contributed by atoms with Crippen molar-refractivity contribution in [2.45, 2.75) is 50.5 Å². The summed E-state index contributed by atoms with van der Waals surface area (Å²) in [5.41, 5.74) is 4.04. The van der Waals surface area contributed by atoms with Gasteiger partial charge in [0.1, 0.15) is 11.6 Å². The molecule has 0 aliphatic heterocycles. The lowest BCUT2D eigenvalue weighted by Crippen LogP contribution is -2.29. The van der Waals surface area contributed by atoms with E-state index in [0.29, 0.717) is 35.8 Å². The molecule has 0 saturated carbocycles. The predicted molar refractivity (Wildman–Crippen MR) is 133 cm³/mol. The van der Waals surface area contributed by atoms with Crippen LogP contribution in [0.4, 0.5) is 4.39 Å². The number of nitrogens with zero attached hydrogens (tertiary/aromatic N) is 1. The lowest BCUT2D eigenvalue weighted by Gasteiger charge is -2.29. The molecule has 2 atom stereocenters. The van der Waals surface area contributed by atoms with E-state index in [2.05, 4.69) is 31.7 Å². The maximum atomic E-state index is 15.2. The minimum Gasteiger partial charge on any atom is -0.493 e. The Hall–Kier alpha value is -3.05. The van der Waals surface area contributed by atoms with Gasteiger partial charge in [0.15, 0.2) is 11.6 Å². The van der Waals surface area contributed by atoms with Crippen LogP contribution in [-0.2, 0) is 11.2 Å². The summed E-state index contributed by atoms with van der Waals surface area (Å²) in [5.74, 6) is 0.00868. The zero-order valence-corrected chi connectivity index (χ0v) is 20.0. The fraction of sp³-hybridized carbons (Fsp3) is 0.379. The summed E-state index contributed by atoms with van der Waals surface area (Å²) in [5, 5.41) is 0. The number of rotatable bonds is 8. The smallest absolute Gasteiger partial charge is 0.170 e. The molecular formula is C29H32FNO3. The van der Waals surface area contributed by atoms with Gasteiger partial charge >= 0.3 is 0 Å². The Morgan fingerprint density at radius 1 is 1.18 bits per heavy atom. The third kappa shape index (κ3) is 5.20. The van der Waals surface area contributed by atoms with Gasteiger partial charge in [0.25, 0.3) is 0 Å². The van der Waals surface area contributed by atoms with Gasteiger partial charge in [-0.1, -0.05) is 24.8 Å². The van der Waals surface area contributed by atoms with Crippen LogP contribution in [0.15, 0.2) is 55.1 Å². The molecule has 2 unspecified atom stereocenters. The Labute approximate surface area is 201 Å². The van der Waals surface area contributed by atoms with Crippen molar-refractivity contribution in [2.75, 3.05) is 20.7 Å². The molecule has 5 heteroatoms. The summed E-state index contributed by atoms with van der Waals surface area (Å²) in [6.45, 7) is 3.73. The number of hydrogen-bond donors (Lipinski definition) is 0. The molecule has 2 aromatic carbocycles. The van der Waals surface area contributed by atoms with Crippen molar-refractivity contribution < 1.29 is 18.7 Å². The van der Waals surface area contributed by atoms with Crippen LogP contribution in [0, 0.1) is 5.82 Å². The molecule has 2 aromatic rings. The first kappa shape index (κ1) is 24.1. The zero-order valence-electron chi connectivity index (χ0n) is 20.0. The normalized spacial score (nSPS) is 20.0. The second kappa shape index (κ2) is 10.5. The second-order valence-electron chi connectivity index (χ2n) is 9.41. The Balaban J connectivity index is 1.47. The summed E-state index contributed by atoms with van der Waals surface area (Å²) in [6, 6.07) is 11.2. The van der Waals surface area contributed by atoms with E-state index in [1.807, 2.05) is 18.2 Å². The van der Waals surface area contributed by atoms with Gasteiger partial charge in [0.05, 0.1) is 6.61 Å². The van der Waals surface area contributed by atoms with Crippen LogP contribution < -0.4 is 4.74 Å². The molecule has 2 aliphatic carbocycles. The molecule has 0 amide bonds. The van der Waals surface area contributed by atoms with Gasteiger partial charge in [0.2, 0.25) is 0 Å². The minimum atomic E-state index is -0.345. The van der Waals surface area contributed by atoms with Crippen LogP contribution in [-0.4, -0.2) is 43.2 Å². The lowest BCUT2D eigenvalue weighted by atomic mass is 9.78. The van der Waals surface area contributed by atoms with Gasteiger partial charge in [-0.3, -0.25) is 9.59 Å². The highest BCUT2D eigenvalue weighted by Gasteiger charge is 2.30. The molecule has 4 nitrogen and oxygen atoms in total. The number of carbonyl (C=O) groups is 2. The van der Waals surface area contributed by atoms with Crippen molar-refractivity contribution in [3.63, 3.8) is 0 Å². The van der Waals surface area contributed by atoms with Gasteiger partial charge in [-0.05, 0) is 93.2 Å². The Bertz CT molecular complexity index is 1130. The van der Waals surface area contributed by atoms with Crippen LogP contribution in [0.25, 0.3) is 5.57 Å². The first-order valence-electron chi connectivity index (χ1n) is 12.0. The van der Waals surface area contributed by atoms with E-state index in [1.54, 1.807) is 18.2 Å². The van der Waals surface area contributed by atoms with Crippen LogP contribution in [0.1, 0.15) is 65.1 Å². The quantitative estimate of drug-likeness (QED) is 0.469. The Morgan fingerprint density at radius 3 is 2.71 bits per heavy atom. The number of aryl methyl sites for hydroxylation is 1. The van der Waals surface area contributed by atoms with Gasteiger partial charge < -0.3 is 9.64 Å². The van der Waals surface area contributed by atoms with Crippen molar-refractivity contribution in [3.05, 3.63) is 83.2 Å². The number of ketones is 2. The number of Topliss-reactive ketones (excluding diaryl/α,β-unsaturated/α-hetero) is 1. The van der Waals surface area contributed by atoms with Crippen molar-refractivity contribution >= 4 is 17.1 Å². The van der Waals surface area contributed by atoms with Gasteiger partial charge in [-0.2, -0.15) is 0 Å². The number of allylic oxidation sites excluding steroid dienone is 2. The van der Waals surface area contributed by atoms with Gasteiger partial charge in [-0.15, -0.1) is 0 Å². The SMILES string of the molecule is C=CC(=O)CCOc1ccc2c(c1)CCC(c1ccc(C3=CCCC(N(C)C)C3)c(F)c1)C2=O. The highest BCUT2D eigenvalue weighted by molar-refractivity contribution is 6.03. The lowest BCUT2D eigenvalue weighted by molar-refractivity contribution is -0.115. The molecule has 4 rings (SSSR count). The molecule has 178 valence electrons. The summed E-state index contributed by atoms with van der Waals surface area (Å²) in [4.78, 5) is 26.8. The minimum absolute atomic E-state index is 0.0198. The maximum absolute atomic E-state index is 15.2. The molecular weight excluding hydrogens is 429 g/mol. The Morgan fingerprint density at radius 2 is 1.97 bits per heavy atom. The van der Waals surface area contributed by atoms with E-state index in [4.69, 9.17) is 4.74 Å². The average Bonchev–Trinajstić information content (AvgIpc) is 2.84. The number of fused-ring (bicyclic) bond motifs is 1.